The van der Waals surface area contributed by atoms with Gasteiger partial charge in [-0.1, -0.05) is 6.07 Å². The van der Waals surface area contributed by atoms with E-state index in [0.717, 1.165) is 28.2 Å². The summed E-state index contributed by atoms with van der Waals surface area (Å²) in [5.74, 6) is 1.68. The number of aryl methyl sites for hydroxylation is 1. The van der Waals surface area contributed by atoms with E-state index >= 15 is 0 Å². The number of nitrogens with zero attached hydrogens (tertiary/aromatic N) is 1. The first-order valence-electron chi connectivity index (χ1n) is 5.39. The molecule has 0 saturated carbocycles. The van der Waals surface area contributed by atoms with Crippen molar-refractivity contribution >= 4 is 0 Å². The Morgan fingerprint density at radius 1 is 1.06 bits per heavy atom. The molecule has 2 aromatic rings. The van der Waals surface area contributed by atoms with Crippen molar-refractivity contribution < 1.29 is 9.47 Å². The maximum Gasteiger partial charge on any atom is 0.127 e. The van der Waals surface area contributed by atoms with Gasteiger partial charge in [0, 0.05) is 23.5 Å². The summed E-state index contributed by atoms with van der Waals surface area (Å²) < 4.78 is 10.7. The standard InChI is InChI=1S/C14H15NO2/c1-10-7-14(17-3)12(8-13(10)16-2)11-5-4-6-15-9-11/h4-9H,1-3H3. The second-order valence-corrected chi connectivity index (χ2v) is 3.76. The van der Waals surface area contributed by atoms with Crippen LogP contribution in [0.4, 0.5) is 0 Å². The van der Waals surface area contributed by atoms with Gasteiger partial charge in [-0.2, -0.15) is 0 Å². The molecular weight excluding hydrogens is 214 g/mol. The van der Waals surface area contributed by atoms with Gasteiger partial charge in [0.2, 0.25) is 0 Å². The summed E-state index contributed by atoms with van der Waals surface area (Å²) in [6.07, 6.45) is 3.56. The maximum absolute atomic E-state index is 5.40. The highest BCUT2D eigenvalue weighted by Crippen LogP contribution is 2.35. The summed E-state index contributed by atoms with van der Waals surface area (Å²) in [6.45, 7) is 1.99. The summed E-state index contributed by atoms with van der Waals surface area (Å²) >= 11 is 0. The number of hydrogen-bond donors (Lipinski definition) is 0. The summed E-state index contributed by atoms with van der Waals surface area (Å²) in [5.41, 5.74) is 3.06. The van der Waals surface area contributed by atoms with E-state index in [2.05, 4.69) is 4.98 Å². The lowest BCUT2D eigenvalue weighted by Crippen LogP contribution is -1.93. The van der Waals surface area contributed by atoms with Crippen LogP contribution in [0, 0.1) is 6.92 Å². The molecule has 0 saturated heterocycles. The molecule has 0 bridgehead atoms. The Kier molecular flexibility index (Phi) is 3.28. The van der Waals surface area contributed by atoms with Crippen molar-refractivity contribution in [2.75, 3.05) is 14.2 Å². The zero-order valence-electron chi connectivity index (χ0n) is 10.2. The molecule has 0 atom stereocenters. The molecule has 0 aliphatic carbocycles. The lowest BCUT2D eigenvalue weighted by atomic mass is 10.0. The Balaban J connectivity index is 2.59. The second kappa shape index (κ2) is 4.87. The van der Waals surface area contributed by atoms with Crippen molar-refractivity contribution in [3.8, 4) is 22.6 Å². The number of pyridine rings is 1. The van der Waals surface area contributed by atoms with Crippen LogP contribution in [0.15, 0.2) is 36.7 Å². The topological polar surface area (TPSA) is 31.4 Å². The third-order valence-electron chi connectivity index (χ3n) is 2.69. The Morgan fingerprint density at radius 3 is 2.41 bits per heavy atom. The predicted molar refractivity (Wildman–Crippen MR) is 67.5 cm³/mol. The summed E-state index contributed by atoms with van der Waals surface area (Å²) in [4.78, 5) is 4.12. The molecule has 3 nitrogen and oxygen atoms in total. The molecule has 0 radical (unpaired) electrons. The van der Waals surface area contributed by atoms with Crippen LogP contribution < -0.4 is 9.47 Å². The van der Waals surface area contributed by atoms with Gasteiger partial charge in [-0.3, -0.25) is 4.98 Å². The Hall–Kier alpha value is -2.03. The van der Waals surface area contributed by atoms with Gasteiger partial charge in [0.1, 0.15) is 11.5 Å². The average Bonchev–Trinajstić information content (AvgIpc) is 2.39. The van der Waals surface area contributed by atoms with Gasteiger partial charge < -0.3 is 9.47 Å². The molecule has 0 amide bonds. The fourth-order valence-corrected chi connectivity index (χ4v) is 1.80. The molecule has 0 fully saturated rings. The monoisotopic (exact) mass is 229 g/mol. The third kappa shape index (κ3) is 2.23. The van der Waals surface area contributed by atoms with Crippen molar-refractivity contribution in [3.05, 3.63) is 42.2 Å². The lowest BCUT2D eigenvalue weighted by molar-refractivity contribution is 0.402. The van der Waals surface area contributed by atoms with E-state index in [1.807, 2.05) is 37.4 Å². The fourth-order valence-electron chi connectivity index (χ4n) is 1.80. The van der Waals surface area contributed by atoms with Gasteiger partial charge in [0.15, 0.2) is 0 Å². The van der Waals surface area contributed by atoms with Crippen molar-refractivity contribution in [1.82, 2.24) is 4.98 Å². The van der Waals surface area contributed by atoms with E-state index in [-0.39, 0.29) is 0 Å². The van der Waals surface area contributed by atoms with Gasteiger partial charge in [0.05, 0.1) is 14.2 Å². The molecule has 0 aliphatic rings. The minimum Gasteiger partial charge on any atom is -0.496 e. The molecule has 0 unspecified atom stereocenters. The van der Waals surface area contributed by atoms with E-state index < -0.39 is 0 Å². The normalized spacial score (nSPS) is 10.1. The third-order valence-corrected chi connectivity index (χ3v) is 2.69. The number of hydrogen-bond acceptors (Lipinski definition) is 3. The molecule has 1 aromatic carbocycles. The largest absolute Gasteiger partial charge is 0.496 e. The predicted octanol–water partition coefficient (Wildman–Crippen LogP) is 3.07. The second-order valence-electron chi connectivity index (χ2n) is 3.76. The quantitative estimate of drug-likeness (QED) is 0.810. The van der Waals surface area contributed by atoms with Gasteiger partial charge >= 0.3 is 0 Å². The zero-order valence-corrected chi connectivity index (χ0v) is 10.2. The molecule has 0 spiro atoms. The minimum atomic E-state index is 0.830. The molecule has 17 heavy (non-hydrogen) atoms. The molecular formula is C14H15NO2. The summed E-state index contributed by atoms with van der Waals surface area (Å²) in [5, 5.41) is 0. The van der Waals surface area contributed by atoms with Crippen molar-refractivity contribution in [1.29, 1.82) is 0 Å². The molecule has 2 rings (SSSR count). The van der Waals surface area contributed by atoms with Crippen LogP contribution in [0.3, 0.4) is 0 Å². The highest BCUT2D eigenvalue weighted by Gasteiger charge is 2.10. The van der Waals surface area contributed by atoms with Crippen LogP contribution in [0.5, 0.6) is 11.5 Å². The van der Waals surface area contributed by atoms with Crippen LogP contribution >= 0.6 is 0 Å². The fraction of sp³-hybridized carbons (Fsp3) is 0.214. The van der Waals surface area contributed by atoms with Gasteiger partial charge in [-0.15, -0.1) is 0 Å². The van der Waals surface area contributed by atoms with E-state index in [0.29, 0.717) is 0 Å². The molecule has 88 valence electrons. The first kappa shape index (κ1) is 11.5. The molecule has 1 heterocycles. The zero-order chi connectivity index (χ0) is 12.3. The Labute approximate surface area is 101 Å². The van der Waals surface area contributed by atoms with Crippen molar-refractivity contribution in [3.63, 3.8) is 0 Å². The number of ether oxygens (including phenoxy) is 2. The number of aromatic nitrogens is 1. The maximum atomic E-state index is 5.40. The molecule has 3 heteroatoms. The van der Waals surface area contributed by atoms with Crippen LogP contribution in [-0.4, -0.2) is 19.2 Å². The van der Waals surface area contributed by atoms with Crippen molar-refractivity contribution in [2.45, 2.75) is 6.92 Å². The van der Waals surface area contributed by atoms with Gasteiger partial charge in [0.25, 0.3) is 0 Å². The number of rotatable bonds is 3. The van der Waals surface area contributed by atoms with E-state index in [1.165, 1.54) is 0 Å². The average molecular weight is 229 g/mol. The molecule has 1 aromatic heterocycles. The smallest absolute Gasteiger partial charge is 0.127 e. The highest BCUT2D eigenvalue weighted by atomic mass is 16.5. The van der Waals surface area contributed by atoms with Crippen LogP contribution in [-0.2, 0) is 0 Å². The van der Waals surface area contributed by atoms with Gasteiger partial charge in [-0.25, -0.2) is 0 Å². The minimum absolute atomic E-state index is 0.830. The van der Waals surface area contributed by atoms with Crippen molar-refractivity contribution in [2.24, 2.45) is 0 Å². The van der Waals surface area contributed by atoms with Crippen LogP contribution in [0.2, 0.25) is 0 Å². The van der Waals surface area contributed by atoms with Crippen LogP contribution in [0.1, 0.15) is 5.56 Å². The van der Waals surface area contributed by atoms with E-state index in [4.69, 9.17) is 9.47 Å². The number of methoxy groups -OCH3 is 2. The first-order chi connectivity index (χ1) is 8.26. The first-order valence-corrected chi connectivity index (χ1v) is 5.39. The molecule has 0 aliphatic heterocycles. The Bertz CT molecular complexity index is 509. The lowest BCUT2D eigenvalue weighted by Gasteiger charge is -2.12. The highest BCUT2D eigenvalue weighted by molar-refractivity contribution is 5.72. The Morgan fingerprint density at radius 2 is 1.82 bits per heavy atom. The SMILES string of the molecule is COc1cc(-c2cccnc2)c(OC)cc1C. The van der Waals surface area contributed by atoms with Crippen LogP contribution in [0.25, 0.3) is 11.1 Å². The summed E-state index contributed by atoms with van der Waals surface area (Å²) in [7, 11) is 3.34. The molecule has 0 N–H and O–H groups in total. The number of benzene rings is 1. The van der Waals surface area contributed by atoms with E-state index in [1.54, 1.807) is 20.4 Å². The summed E-state index contributed by atoms with van der Waals surface area (Å²) in [6, 6.07) is 7.85. The van der Waals surface area contributed by atoms with Gasteiger partial charge in [-0.05, 0) is 30.7 Å². The van der Waals surface area contributed by atoms with E-state index in [9.17, 15) is 0 Å².